The number of imidazole rings is 1. The molecule has 0 saturated heterocycles. The Morgan fingerprint density at radius 3 is 3.00 bits per heavy atom. The minimum Gasteiger partial charge on any atom is -0.335 e. The van der Waals surface area contributed by atoms with Crippen molar-refractivity contribution >= 4 is 21.7 Å². The van der Waals surface area contributed by atoms with Gasteiger partial charge in [-0.05, 0) is 28.9 Å². The molecule has 0 spiro atoms. The van der Waals surface area contributed by atoms with Gasteiger partial charge >= 0.3 is 0 Å². The Balaban J connectivity index is 2.17. The first-order valence-electron chi connectivity index (χ1n) is 5.34. The molecule has 0 unspecified atom stereocenters. The highest BCUT2D eigenvalue weighted by atomic mass is 79.9. The van der Waals surface area contributed by atoms with Crippen LogP contribution in [0, 0.1) is 0 Å². The van der Waals surface area contributed by atoms with Crippen LogP contribution in [-0.2, 0) is 13.0 Å². The van der Waals surface area contributed by atoms with E-state index in [0.717, 1.165) is 16.8 Å². The number of carbonyl (C=O) groups excluding carboxylic acids is 1. The van der Waals surface area contributed by atoms with Crippen molar-refractivity contribution in [3.63, 3.8) is 0 Å². The van der Waals surface area contributed by atoms with Gasteiger partial charge in [-0.25, -0.2) is 4.98 Å². The number of hydrogen-bond acceptors (Lipinski definition) is 3. The van der Waals surface area contributed by atoms with Crippen LogP contribution < -0.4 is 0 Å². The largest absolute Gasteiger partial charge is 0.335 e. The van der Waals surface area contributed by atoms with Crippen molar-refractivity contribution in [3.8, 4) is 0 Å². The third-order valence-electron chi connectivity index (χ3n) is 2.49. The summed E-state index contributed by atoms with van der Waals surface area (Å²) in [6.07, 6.45) is 7.13. The molecule has 2 heterocycles. The third-order valence-corrected chi connectivity index (χ3v) is 2.92. The highest BCUT2D eigenvalue weighted by molar-refractivity contribution is 9.10. The second-order valence-electron chi connectivity index (χ2n) is 3.62. The summed E-state index contributed by atoms with van der Waals surface area (Å²) >= 11 is 3.30. The number of ketones is 1. The van der Waals surface area contributed by atoms with Gasteiger partial charge in [0.15, 0.2) is 5.78 Å². The molecule has 0 aliphatic rings. The molecule has 5 heteroatoms. The van der Waals surface area contributed by atoms with E-state index < -0.39 is 0 Å². The maximum absolute atomic E-state index is 12.0. The van der Waals surface area contributed by atoms with Crippen LogP contribution in [0.3, 0.4) is 0 Å². The van der Waals surface area contributed by atoms with Crippen LogP contribution in [-0.4, -0.2) is 20.3 Å². The minimum absolute atomic E-state index is 0.0275. The first kappa shape index (κ1) is 12.0. The Kier molecular flexibility index (Phi) is 3.68. The van der Waals surface area contributed by atoms with E-state index in [1.165, 1.54) is 0 Å². The quantitative estimate of drug-likeness (QED) is 0.814. The Bertz CT molecular complexity index is 536. The number of rotatable bonds is 4. The first-order chi connectivity index (χ1) is 8.20. The molecule has 0 saturated carbocycles. The Hall–Kier alpha value is -1.49. The third kappa shape index (κ3) is 2.79. The highest BCUT2D eigenvalue weighted by Gasteiger charge is 2.11. The second kappa shape index (κ2) is 5.23. The summed E-state index contributed by atoms with van der Waals surface area (Å²) in [6.45, 7) is 2.84. The molecule has 0 amide bonds. The average molecular weight is 294 g/mol. The number of hydrogen-bond donors (Lipinski definition) is 0. The fraction of sp³-hybridized carbons (Fsp3) is 0.250. The molecule has 0 bridgehead atoms. The molecule has 2 aromatic rings. The predicted octanol–water partition coefficient (Wildman–Crippen LogP) is 2.49. The van der Waals surface area contributed by atoms with E-state index in [2.05, 4.69) is 25.9 Å². The smallest absolute Gasteiger partial charge is 0.171 e. The summed E-state index contributed by atoms with van der Waals surface area (Å²) in [5.41, 5.74) is 0.602. The van der Waals surface area contributed by atoms with Gasteiger partial charge in [0.05, 0.1) is 6.42 Å². The molecule has 0 atom stereocenters. The van der Waals surface area contributed by atoms with Crippen molar-refractivity contribution < 1.29 is 4.79 Å². The lowest BCUT2D eigenvalue weighted by molar-refractivity contribution is 0.0989. The fourth-order valence-electron chi connectivity index (χ4n) is 1.61. The number of nitrogens with zero attached hydrogens (tertiary/aromatic N) is 3. The molecule has 0 aromatic carbocycles. The molecular weight excluding hydrogens is 282 g/mol. The number of Topliss-reactive ketones (excluding diaryl/α,β-unsaturated/α-hetero) is 1. The molecule has 0 aliphatic carbocycles. The monoisotopic (exact) mass is 293 g/mol. The van der Waals surface area contributed by atoms with E-state index in [4.69, 9.17) is 0 Å². The molecule has 2 aromatic heterocycles. The van der Waals surface area contributed by atoms with E-state index in [1.54, 1.807) is 24.7 Å². The SMILES string of the molecule is CCn1ccnc1CC(=O)c1cncc(Br)c1. The Morgan fingerprint density at radius 2 is 2.29 bits per heavy atom. The van der Waals surface area contributed by atoms with Crippen molar-refractivity contribution in [1.29, 1.82) is 0 Å². The lowest BCUT2D eigenvalue weighted by Gasteiger charge is -2.04. The van der Waals surface area contributed by atoms with Gasteiger partial charge in [-0.15, -0.1) is 0 Å². The van der Waals surface area contributed by atoms with Crippen LogP contribution >= 0.6 is 15.9 Å². The molecule has 0 fully saturated rings. The normalized spacial score (nSPS) is 10.5. The van der Waals surface area contributed by atoms with E-state index in [9.17, 15) is 4.79 Å². The van der Waals surface area contributed by atoms with Crippen LogP contribution in [0.2, 0.25) is 0 Å². The van der Waals surface area contributed by atoms with Gasteiger partial charge in [-0.2, -0.15) is 0 Å². The van der Waals surface area contributed by atoms with Gasteiger partial charge in [-0.3, -0.25) is 9.78 Å². The predicted molar refractivity (Wildman–Crippen MR) is 67.9 cm³/mol. The molecule has 4 nitrogen and oxygen atoms in total. The van der Waals surface area contributed by atoms with E-state index in [1.807, 2.05) is 17.7 Å². The fourth-order valence-corrected chi connectivity index (χ4v) is 1.97. The first-order valence-corrected chi connectivity index (χ1v) is 6.13. The topological polar surface area (TPSA) is 47.8 Å². The second-order valence-corrected chi connectivity index (χ2v) is 4.54. The summed E-state index contributed by atoms with van der Waals surface area (Å²) in [5.74, 6) is 0.817. The van der Waals surface area contributed by atoms with Gasteiger partial charge < -0.3 is 4.57 Å². The molecule has 17 heavy (non-hydrogen) atoms. The number of aromatic nitrogens is 3. The zero-order valence-electron chi connectivity index (χ0n) is 9.43. The van der Waals surface area contributed by atoms with E-state index in [-0.39, 0.29) is 5.78 Å². The van der Waals surface area contributed by atoms with Crippen LogP contribution in [0.25, 0.3) is 0 Å². The van der Waals surface area contributed by atoms with Gasteiger partial charge in [0.25, 0.3) is 0 Å². The maximum Gasteiger partial charge on any atom is 0.171 e. The van der Waals surface area contributed by atoms with Crippen LogP contribution in [0.15, 0.2) is 35.3 Å². The average Bonchev–Trinajstić information content (AvgIpc) is 2.76. The number of carbonyl (C=O) groups is 1. The molecule has 0 radical (unpaired) electrons. The zero-order valence-corrected chi connectivity index (χ0v) is 11.0. The minimum atomic E-state index is 0.0275. The molecular formula is C12H12BrN3O. The highest BCUT2D eigenvalue weighted by Crippen LogP contribution is 2.12. The van der Waals surface area contributed by atoms with Gasteiger partial charge in [0.1, 0.15) is 5.82 Å². The van der Waals surface area contributed by atoms with Crippen molar-refractivity contribution in [1.82, 2.24) is 14.5 Å². The van der Waals surface area contributed by atoms with Crippen molar-refractivity contribution in [2.75, 3.05) is 0 Å². The number of pyridine rings is 1. The number of halogens is 1. The van der Waals surface area contributed by atoms with Crippen LogP contribution in [0.4, 0.5) is 0 Å². The summed E-state index contributed by atoms with van der Waals surface area (Å²) < 4.78 is 2.77. The van der Waals surface area contributed by atoms with Crippen LogP contribution in [0.5, 0.6) is 0 Å². The van der Waals surface area contributed by atoms with E-state index >= 15 is 0 Å². The maximum atomic E-state index is 12.0. The van der Waals surface area contributed by atoms with Crippen molar-refractivity contribution in [2.45, 2.75) is 19.9 Å². The Labute approximate surface area is 108 Å². The summed E-state index contributed by atoms with van der Waals surface area (Å²) in [5, 5.41) is 0. The molecule has 0 N–H and O–H groups in total. The molecule has 0 aliphatic heterocycles. The summed E-state index contributed by atoms with van der Waals surface area (Å²) in [7, 11) is 0. The number of aryl methyl sites for hydroxylation is 1. The standard InChI is InChI=1S/C12H12BrN3O/c1-2-16-4-3-15-12(16)6-11(17)9-5-10(13)8-14-7-9/h3-5,7-8H,2,6H2,1H3. The van der Waals surface area contributed by atoms with Crippen molar-refractivity contribution in [3.05, 3.63) is 46.7 Å². The lowest BCUT2D eigenvalue weighted by atomic mass is 10.1. The lowest BCUT2D eigenvalue weighted by Crippen LogP contribution is -2.09. The molecule has 2 rings (SSSR count). The summed E-state index contributed by atoms with van der Waals surface area (Å²) in [6, 6.07) is 1.77. The summed E-state index contributed by atoms with van der Waals surface area (Å²) in [4.78, 5) is 20.2. The van der Waals surface area contributed by atoms with Gasteiger partial charge in [0, 0.05) is 41.4 Å². The van der Waals surface area contributed by atoms with Gasteiger partial charge in [-0.1, -0.05) is 0 Å². The van der Waals surface area contributed by atoms with Crippen LogP contribution in [0.1, 0.15) is 23.1 Å². The van der Waals surface area contributed by atoms with Crippen molar-refractivity contribution in [2.24, 2.45) is 0 Å². The van der Waals surface area contributed by atoms with E-state index in [0.29, 0.717) is 12.0 Å². The molecule has 88 valence electrons. The zero-order chi connectivity index (χ0) is 12.3. The Morgan fingerprint density at radius 1 is 1.47 bits per heavy atom. The van der Waals surface area contributed by atoms with Gasteiger partial charge in [0.2, 0.25) is 0 Å².